The van der Waals surface area contributed by atoms with Gasteiger partial charge in [-0.15, -0.1) is 11.6 Å². The lowest BCUT2D eigenvalue weighted by Crippen LogP contribution is -2.39. The normalized spacial score (nSPS) is 12.7. The smallest absolute Gasteiger partial charge is 0.407 e. The molecule has 1 aromatic rings. The van der Waals surface area contributed by atoms with Crippen LogP contribution in [-0.2, 0) is 11.3 Å². The number of unbranched alkanes of at least 4 members (excludes halogenated alkanes) is 7. The maximum Gasteiger partial charge on any atom is 0.407 e. The molecule has 0 saturated carbocycles. The van der Waals surface area contributed by atoms with Gasteiger partial charge in [-0.3, -0.25) is 4.90 Å². The number of hydrogen-bond acceptors (Lipinski definition) is 3. The van der Waals surface area contributed by atoms with Crippen molar-refractivity contribution in [1.82, 2.24) is 10.2 Å². The van der Waals surface area contributed by atoms with Crippen LogP contribution >= 0.6 is 11.6 Å². The summed E-state index contributed by atoms with van der Waals surface area (Å²) in [6, 6.07) is 10.4. The standard InChI is InChI=1S/C26H45ClN2O2/c1-5-6-7-8-9-10-11-15-18-24(27)22-29(21-23-16-13-12-14-17-23)20-19-28-25(30)31-26(2,3)4/h12-14,16-17,24H,5-11,15,18-22H2,1-4H3,(H,28,30)/t24-/m0/s1. The number of carbonyl (C=O) groups excluding carboxylic acids is 1. The maximum atomic E-state index is 11.9. The predicted molar refractivity (Wildman–Crippen MR) is 133 cm³/mol. The molecule has 0 aromatic heterocycles. The number of rotatable bonds is 16. The van der Waals surface area contributed by atoms with E-state index in [1.807, 2.05) is 26.8 Å². The van der Waals surface area contributed by atoms with Crippen LogP contribution in [-0.4, -0.2) is 41.6 Å². The van der Waals surface area contributed by atoms with E-state index in [9.17, 15) is 4.79 Å². The maximum absolute atomic E-state index is 11.9. The fraction of sp³-hybridized carbons (Fsp3) is 0.731. The Morgan fingerprint density at radius 1 is 1.03 bits per heavy atom. The van der Waals surface area contributed by atoms with E-state index in [4.69, 9.17) is 16.3 Å². The van der Waals surface area contributed by atoms with Crippen molar-refractivity contribution < 1.29 is 9.53 Å². The fourth-order valence-electron chi connectivity index (χ4n) is 3.58. The second-order valence-electron chi connectivity index (χ2n) is 9.51. The molecule has 1 amide bonds. The van der Waals surface area contributed by atoms with Gasteiger partial charge in [-0.1, -0.05) is 88.6 Å². The Balaban J connectivity index is 2.37. The molecular formula is C26H45ClN2O2. The van der Waals surface area contributed by atoms with E-state index in [-0.39, 0.29) is 11.5 Å². The lowest BCUT2D eigenvalue weighted by molar-refractivity contribution is 0.0521. The van der Waals surface area contributed by atoms with E-state index in [1.54, 1.807) is 0 Å². The van der Waals surface area contributed by atoms with Crippen molar-refractivity contribution in [3.63, 3.8) is 0 Å². The molecular weight excluding hydrogens is 408 g/mol. The molecule has 0 spiro atoms. The summed E-state index contributed by atoms with van der Waals surface area (Å²) in [4.78, 5) is 14.3. The summed E-state index contributed by atoms with van der Waals surface area (Å²) >= 11 is 6.70. The van der Waals surface area contributed by atoms with E-state index in [1.165, 1.54) is 56.9 Å². The van der Waals surface area contributed by atoms with Crippen LogP contribution in [0.4, 0.5) is 4.79 Å². The highest BCUT2D eigenvalue weighted by Crippen LogP contribution is 2.15. The van der Waals surface area contributed by atoms with Crippen molar-refractivity contribution in [2.24, 2.45) is 0 Å². The van der Waals surface area contributed by atoms with Gasteiger partial charge in [0.1, 0.15) is 5.60 Å². The van der Waals surface area contributed by atoms with Crippen molar-refractivity contribution in [2.45, 2.75) is 103 Å². The van der Waals surface area contributed by atoms with Crippen LogP contribution in [0.1, 0.15) is 91.0 Å². The van der Waals surface area contributed by atoms with Gasteiger partial charge in [-0.05, 0) is 32.8 Å². The minimum Gasteiger partial charge on any atom is -0.444 e. The van der Waals surface area contributed by atoms with Crippen LogP contribution < -0.4 is 5.32 Å². The second-order valence-corrected chi connectivity index (χ2v) is 10.1. The zero-order valence-corrected chi connectivity index (χ0v) is 21.1. The largest absolute Gasteiger partial charge is 0.444 e. The minimum atomic E-state index is -0.481. The summed E-state index contributed by atoms with van der Waals surface area (Å²) in [6.45, 7) is 10.8. The van der Waals surface area contributed by atoms with Gasteiger partial charge in [-0.2, -0.15) is 0 Å². The number of hydrogen-bond donors (Lipinski definition) is 1. The van der Waals surface area contributed by atoms with Crippen molar-refractivity contribution in [1.29, 1.82) is 0 Å². The summed E-state index contributed by atoms with van der Waals surface area (Å²) in [7, 11) is 0. The van der Waals surface area contributed by atoms with Gasteiger partial charge >= 0.3 is 6.09 Å². The molecule has 5 heteroatoms. The first-order chi connectivity index (χ1) is 14.8. The summed E-state index contributed by atoms with van der Waals surface area (Å²) < 4.78 is 5.33. The Hall–Kier alpha value is -1.26. The third-order valence-electron chi connectivity index (χ3n) is 5.17. The number of amides is 1. The molecule has 0 bridgehead atoms. The van der Waals surface area contributed by atoms with Gasteiger partial charge in [0.05, 0.1) is 0 Å². The van der Waals surface area contributed by atoms with Gasteiger partial charge in [0, 0.05) is 31.6 Å². The lowest BCUT2D eigenvalue weighted by Gasteiger charge is -2.26. The molecule has 0 heterocycles. The second kappa shape index (κ2) is 16.4. The first kappa shape index (κ1) is 27.8. The van der Waals surface area contributed by atoms with Crippen LogP contribution in [0.5, 0.6) is 0 Å². The Morgan fingerprint density at radius 2 is 1.65 bits per heavy atom. The van der Waals surface area contributed by atoms with E-state index >= 15 is 0 Å². The molecule has 0 unspecified atom stereocenters. The molecule has 1 rings (SSSR count). The lowest BCUT2D eigenvalue weighted by atomic mass is 10.1. The SMILES string of the molecule is CCCCCCCCCC[C@H](Cl)CN(CCNC(=O)OC(C)(C)C)Cc1ccccc1. The van der Waals surface area contributed by atoms with Gasteiger partial charge in [0.15, 0.2) is 0 Å². The Bertz CT molecular complexity index is 575. The number of benzene rings is 1. The van der Waals surface area contributed by atoms with Gasteiger partial charge in [0.2, 0.25) is 0 Å². The number of ether oxygens (including phenoxy) is 1. The summed E-state index contributed by atoms with van der Waals surface area (Å²) in [6.07, 6.45) is 11.2. The highest BCUT2D eigenvalue weighted by atomic mass is 35.5. The molecule has 1 atom stereocenters. The first-order valence-corrected chi connectivity index (χ1v) is 12.6. The molecule has 1 aromatic carbocycles. The van der Waals surface area contributed by atoms with Crippen LogP contribution in [0.15, 0.2) is 30.3 Å². The highest BCUT2D eigenvalue weighted by Gasteiger charge is 2.17. The van der Waals surface area contributed by atoms with E-state index in [2.05, 4.69) is 41.4 Å². The quantitative estimate of drug-likeness (QED) is 0.214. The number of nitrogens with one attached hydrogen (secondary N) is 1. The summed E-state index contributed by atoms with van der Waals surface area (Å²) in [5, 5.41) is 2.99. The monoisotopic (exact) mass is 452 g/mol. The predicted octanol–water partition coefficient (Wildman–Crippen LogP) is 7.15. The molecule has 0 saturated heterocycles. The van der Waals surface area contributed by atoms with Gasteiger partial charge in [0.25, 0.3) is 0 Å². The average Bonchev–Trinajstić information content (AvgIpc) is 2.69. The molecule has 0 aliphatic heterocycles. The molecule has 0 aliphatic carbocycles. The van der Waals surface area contributed by atoms with Crippen molar-refractivity contribution in [3.8, 4) is 0 Å². The Labute approximate surface area is 196 Å². The van der Waals surface area contributed by atoms with Crippen molar-refractivity contribution >= 4 is 17.7 Å². The minimum absolute atomic E-state index is 0.130. The zero-order chi connectivity index (χ0) is 23.0. The molecule has 0 fully saturated rings. The summed E-state index contributed by atoms with van der Waals surface area (Å²) in [5.41, 5.74) is 0.779. The number of carbonyl (C=O) groups is 1. The molecule has 0 aliphatic rings. The zero-order valence-electron chi connectivity index (χ0n) is 20.3. The van der Waals surface area contributed by atoms with E-state index < -0.39 is 5.60 Å². The third-order valence-corrected chi connectivity index (χ3v) is 5.53. The summed E-state index contributed by atoms with van der Waals surface area (Å²) in [5.74, 6) is 0. The highest BCUT2D eigenvalue weighted by molar-refractivity contribution is 6.20. The van der Waals surface area contributed by atoms with E-state index in [0.717, 1.165) is 26.1 Å². The van der Waals surface area contributed by atoms with Gasteiger partial charge in [-0.25, -0.2) is 4.79 Å². The van der Waals surface area contributed by atoms with Gasteiger partial charge < -0.3 is 10.1 Å². The third kappa shape index (κ3) is 16.1. The van der Waals surface area contributed by atoms with Crippen LogP contribution in [0.25, 0.3) is 0 Å². The molecule has 1 N–H and O–H groups in total. The first-order valence-electron chi connectivity index (χ1n) is 12.2. The van der Waals surface area contributed by atoms with Crippen LogP contribution in [0, 0.1) is 0 Å². The van der Waals surface area contributed by atoms with E-state index in [0.29, 0.717) is 6.54 Å². The average molecular weight is 453 g/mol. The van der Waals surface area contributed by atoms with Crippen molar-refractivity contribution in [2.75, 3.05) is 19.6 Å². The molecule has 4 nitrogen and oxygen atoms in total. The topological polar surface area (TPSA) is 41.6 Å². The Morgan fingerprint density at radius 3 is 2.26 bits per heavy atom. The molecule has 0 radical (unpaired) electrons. The number of alkyl halides is 1. The molecule has 31 heavy (non-hydrogen) atoms. The number of alkyl carbamates (subject to hydrolysis) is 1. The van der Waals surface area contributed by atoms with Crippen LogP contribution in [0.2, 0.25) is 0 Å². The number of halogens is 1. The number of nitrogens with zero attached hydrogens (tertiary/aromatic N) is 1. The van der Waals surface area contributed by atoms with Crippen molar-refractivity contribution in [3.05, 3.63) is 35.9 Å². The Kier molecular flexibility index (Phi) is 14.7. The van der Waals surface area contributed by atoms with Crippen LogP contribution in [0.3, 0.4) is 0 Å². The molecule has 178 valence electrons. The fourth-order valence-corrected chi connectivity index (χ4v) is 3.93.